The Morgan fingerprint density at radius 2 is 1.89 bits per heavy atom. The van der Waals surface area contributed by atoms with Crippen LogP contribution in [0.5, 0.6) is 0 Å². The molecule has 2 rings (SSSR count). The van der Waals surface area contributed by atoms with E-state index in [2.05, 4.69) is 16.6 Å². The molecule has 6 nitrogen and oxygen atoms in total. The lowest BCUT2D eigenvalue weighted by molar-refractivity contribution is -0.116. The standard InChI is InChI=1S/C20H20ClN3O3/c1-6-9-22-20(27)18(25)16-12(3)17(24(5)13(16)4)19(26)23-14-8-7-11(2)15(21)10-14/h1,7-8,10H,9H2,2-5H3,(H,22,27)(H,23,26). The number of anilines is 1. The summed E-state index contributed by atoms with van der Waals surface area (Å²) in [7, 11) is 1.66. The third kappa shape index (κ3) is 4.04. The van der Waals surface area contributed by atoms with Crippen molar-refractivity contribution in [2.24, 2.45) is 7.05 Å². The number of terminal acetylenes is 1. The van der Waals surface area contributed by atoms with E-state index in [1.165, 1.54) is 0 Å². The lowest BCUT2D eigenvalue weighted by Crippen LogP contribution is -2.31. The van der Waals surface area contributed by atoms with E-state index < -0.39 is 17.6 Å². The molecular weight excluding hydrogens is 366 g/mol. The quantitative estimate of drug-likeness (QED) is 0.472. The first-order valence-corrected chi connectivity index (χ1v) is 8.56. The Hall–Kier alpha value is -3.04. The number of benzene rings is 1. The molecule has 0 atom stereocenters. The largest absolute Gasteiger partial charge is 0.343 e. The molecule has 7 heteroatoms. The zero-order valence-corrected chi connectivity index (χ0v) is 16.3. The molecule has 2 N–H and O–H groups in total. The third-order valence-corrected chi connectivity index (χ3v) is 4.77. The molecule has 0 radical (unpaired) electrons. The van der Waals surface area contributed by atoms with E-state index >= 15 is 0 Å². The van der Waals surface area contributed by atoms with Gasteiger partial charge in [0.05, 0.1) is 12.1 Å². The van der Waals surface area contributed by atoms with Crippen LogP contribution < -0.4 is 10.6 Å². The summed E-state index contributed by atoms with van der Waals surface area (Å²) in [6.45, 7) is 5.12. The fraction of sp³-hybridized carbons (Fsp3) is 0.250. The Balaban J connectivity index is 2.36. The first-order chi connectivity index (χ1) is 12.7. The summed E-state index contributed by atoms with van der Waals surface area (Å²) >= 11 is 6.09. The van der Waals surface area contributed by atoms with Crippen LogP contribution >= 0.6 is 11.6 Å². The van der Waals surface area contributed by atoms with Gasteiger partial charge in [-0.25, -0.2) is 0 Å². The molecule has 0 saturated heterocycles. The van der Waals surface area contributed by atoms with Gasteiger partial charge in [0, 0.05) is 23.5 Å². The summed E-state index contributed by atoms with van der Waals surface area (Å²) in [6.07, 6.45) is 5.09. The zero-order valence-electron chi connectivity index (χ0n) is 15.6. The Labute approximate surface area is 162 Å². The van der Waals surface area contributed by atoms with Gasteiger partial charge in [-0.1, -0.05) is 23.6 Å². The van der Waals surface area contributed by atoms with Crippen molar-refractivity contribution in [1.82, 2.24) is 9.88 Å². The Bertz CT molecular complexity index is 983. The number of amides is 2. The van der Waals surface area contributed by atoms with Gasteiger partial charge in [-0.2, -0.15) is 0 Å². The van der Waals surface area contributed by atoms with Gasteiger partial charge in [-0.3, -0.25) is 14.4 Å². The van der Waals surface area contributed by atoms with Crippen molar-refractivity contribution in [3.05, 3.63) is 51.3 Å². The van der Waals surface area contributed by atoms with Crippen molar-refractivity contribution in [3.63, 3.8) is 0 Å². The molecule has 0 saturated carbocycles. The second-order valence-electron chi connectivity index (χ2n) is 6.13. The Morgan fingerprint density at radius 3 is 2.48 bits per heavy atom. The lowest BCUT2D eigenvalue weighted by atomic mass is 10.0. The van der Waals surface area contributed by atoms with Gasteiger partial charge >= 0.3 is 0 Å². The number of carbonyl (C=O) groups is 3. The van der Waals surface area contributed by atoms with E-state index in [4.69, 9.17) is 18.0 Å². The van der Waals surface area contributed by atoms with Gasteiger partial charge in [0.2, 0.25) is 0 Å². The number of hydrogen-bond acceptors (Lipinski definition) is 3. The molecule has 27 heavy (non-hydrogen) atoms. The second-order valence-corrected chi connectivity index (χ2v) is 6.53. The van der Waals surface area contributed by atoms with Crippen molar-refractivity contribution >= 4 is 34.9 Å². The highest BCUT2D eigenvalue weighted by Crippen LogP contribution is 2.24. The number of carbonyl (C=O) groups excluding carboxylic acids is 3. The van der Waals surface area contributed by atoms with Gasteiger partial charge in [0.25, 0.3) is 17.6 Å². The van der Waals surface area contributed by atoms with E-state index in [1.807, 2.05) is 6.92 Å². The maximum atomic E-state index is 12.8. The maximum Gasteiger partial charge on any atom is 0.293 e. The lowest BCUT2D eigenvalue weighted by Gasteiger charge is -2.09. The summed E-state index contributed by atoms with van der Waals surface area (Å²) in [5, 5.41) is 5.65. The molecule has 0 fully saturated rings. The molecule has 0 aliphatic rings. The van der Waals surface area contributed by atoms with Crippen LogP contribution in [0, 0.1) is 33.1 Å². The van der Waals surface area contributed by atoms with Gasteiger partial charge in [-0.15, -0.1) is 6.42 Å². The molecule has 1 aromatic carbocycles. The normalized spacial score (nSPS) is 10.2. The van der Waals surface area contributed by atoms with Crippen molar-refractivity contribution in [2.75, 3.05) is 11.9 Å². The van der Waals surface area contributed by atoms with E-state index in [0.717, 1.165) is 5.56 Å². The fourth-order valence-electron chi connectivity index (χ4n) is 2.82. The molecule has 0 aliphatic carbocycles. The number of nitrogens with zero attached hydrogens (tertiary/aromatic N) is 1. The maximum absolute atomic E-state index is 12.8. The number of ketones is 1. The molecule has 0 bridgehead atoms. The summed E-state index contributed by atoms with van der Waals surface area (Å²) in [6, 6.07) is 5.19. The smallest absolute Gasteiger partial charge is 0.293 e. The predicted molar refractivity (Wildman–Crippen MR) is 105 cm³/mol. The topological polar surface area (TPSA) is 80.2 Å². The summed E-state index contributed by atoms with van der Waals surface area (Å²) in [5.74, 6) is 0.307. The number of hydrogen-bond donors (Lipinski definition) is 2. The van der Waals surface area contributed by atoms with Gasteiger partial charge < -0.3 is 15.2 Å². The fourth-order valence-corrected chi connectivity index (χ4v) is 3.00. The average molecular weight is 386 g/mol. The molecule has 0 unspecified atom stereocenters. The van der Waals surface area contributed by atoms with Crippen molar-refractivity contribution in [3.8, 4) is 12.3 Å². The molecule has 0 aliphatic heterocycles. The first kappa shape index (κ1) is 20.3. The van der Waals surface area contributed by atoms with Gasteiger partial charge in [0.15, 0.2) is 0 Å². The Morgan fingerprint density at radius 1 is 1.22 bits per heavy atom. The van der Waals surface area contributed by atoms with Crippen molar-refractivity contribution in [1.29, 1.82) is 0 Å². The predicted octanol–water partition coefficient (Wildman–Crippen LogP) is 2.79. The van der Waals surface area contributed by atoms with Crippen LogP contribution in [0.1, 0.15) is 37.7 Å². The van der Waals surface area contributed by atoms with E-state index in [-0.39, 0.29) is 17.8 Å². The number of rotatable bonds is 5. The Kier molecular flexibility index (Phi) is 6.09. The van der Waals surface area contributed by atoms with Crippen LogP contribution in [0.3, 0.4) is 0 Å². The molecule has 1 heterocycles. The van der Waals surface area contributed by atoms with Crippen LogP contribution in [-0.4, -0.2) is 28.7 Å². The van der Waals surface area contributed by atoms with E-state index in [1.54, 1.807) is 43.7 Å². The number of Topliss-reactive ketones (excluding diaryl/α,β-unsaturated/α-hetero) is 1. The first-order valence-electron chi connectivity index (χ1n) is 8.18. The number of aryl methyl sites for hydroxylation is 1. The van der Waals surface area contributed by atoms with E-state index in [0.29, 0.717) is 22.0 Å². The monoisotopic (exact) mass is 385 g/mol. The van der Waals surface area contributed by atoms with Gasteiger partial charge in [-0.05, 0) is 44.0 Å². The minimum atomic E-state index is -0.804. The minimum Gasteiger partial charge on any atom is -0.343 e. The molecule has 1 aromatic heterocycles. The zero-order chi connectivity index (χ0) is 20.3. The second kappa shape index (κ2) is 8.11. The molecule has 2 aromatic rings. The minimum absolute atomic E-state index is 0.0446. The highest BCUT2D eigenvalue weighted by molar-refractivity contribution is 6.43. The number of aromatic nitrogens is 1. The van der Waals surface area contributed by atoms with Crippen molar-refractivity contribution in [2.45, 2.75) is 20.8 Å². The van der Waals surface area contributed by atoms with Crippen LogP contribution in [0.4, 0.5) is 5.69 Å². The van der Waals surface area contributed by atoms with Gasteiger partial charge in [0.1, 0.15) is 5.69 Å². The summed E-state index contributed by atoms with van der Waals surface area (Å²) in [4.78, 5) is 37.2. The summed E-state index contributed by atoms with van der Waals surface area (Å²) in [5.41, 5.74) is 2.85. The SMILES string of the molecule is C#CCNC(=O)C(=O)c1c(C)c(C(=O)Nc2ccc(C)c(Cl)c2)n(C)c1C. The molecule has 140 valence electrons. The number of halogens is 1. The van der Waals surface area contributed by atoms with Crippen LogP contribution in [0.2, 0.25) is 5.02 Å². The third-order valence-electron chi connectivity index (χ3n) is 4.36. The molecular formula is C20H20ClN3O3. The van der Waals surface area contributed by atoms with Crippen LogP contribution in [-0.2, 0) is 11.8 Å². The summed E-state index contributed by atoms with van der Waals surface area (Å²) < 4.78 is 1.59. The van der Waals surface area contributed by atoms with Crippen LogP contribution in [0.15, 0.2) is 18.2 Å². The highest BCUT2D eigenvalue weighted by atomic mass is 35.5. The van der Waals surface area contributed by atoms with E-state index in [9.17, 15) is 14.4 Å². The molecule has 2 amide bonds. The van der Waals surface area contributed by atoms with Crippen LogP contribution in [0.25, 0.3) is 0 Å². The highest BCUT2D eigenvalue weighted by Gasteiger charge is 2.28. The van der Waals surface area contributed by atoms with Crippen molar-refractivity contribution < 1.29 is 14.4 Å². The molecule has 0 spiro atoms. The number of nitrogens with one attached hydrogen (secondary N) is 2. The average Bonchev–Trinajstić information content (AvgIpc) is 2.84.